The van der Waals surface area contributed by atoms with Crippen molar-refractivity contribution < 1.29 is 9.90 Å². The van der Waals surface area contributed by atoms with Gasteiger partial charge in [-0.1, -0.05) is 296 Å². The molecule has 0 radical (unpaired) electrons. The van der Waals surface area contributed by atoms with E-state index in [1.165, 1.54) is 270 Å². The molecule has 0 saturated carbocycles. The number of carbonyl (C=O) groups is 1. The SMILES string of the molecule is CCCCCCCCCCCCCCCCCCCCCCCCCCCCCCC(CCCCCCCCCCCCCCCCCC)C(=O)O. The van der Waals surface area contributed by atoms with Gasteiger partial charge in [0.05, 0.1) is 5.92 Å². The van der Waals surface area contributed by atoms with E-state index >= 15 is 0 Å². The molecule has 0 aliphatic carbocycles. The van der Waals surface area contributed by atoms with Crippen molar-refractivity contribution in [2.75, 3.05) is 0 Å². The first-order valence-corrected chi connectivity index (χ1v) is 24.9. The maximum atomic E-state index is 11.8. The molecule has 0 aromatic rings. The largest absolute Gasteiger partial charge is 0.481 e. The van der Waals surface area contributed by atoms with Gasteiger partial charge < -0.3 is 5.11 Å². The number of rotatable bonds is 47. The topological polar surface area (TPSA) is 37.3 Å². The molecule has 1 atom stereocenters. The second kappa shape index (κ2) is 46.6. The smallest absolute Gasteiger partial charge is 0.306 e. The Morgan fingerprint density at radius 1 is 0.269 bits per heavy atom. The van der Waals surface area contributed by atoms with Crippen molar-refractivity contribution in [3.05, 3.63) is 0 Å². The van der Waals surface area contributed by atoms with Crippen LogP contribution in [0.3, 0.4) is 0 Å². The molecule has 0 saturated heterocycles. The molecule has 0 rings (SSSR count). The molecule has 1 N–H and O–H groups in total. The third kappa shape index (κ3) is 43.9. The van der Waals surface area contributed by atoms with Crippen LogP contribution >= 0.6 is 0 Å². The van der Waals surface area contributed by atoms with Crippen LogP contribution in [0.4, 0.5) is 0 Å². The third-order valence-corrected chi connectivity index (χ3v) is 12.2. The Morgan fingerprint density at radius 2 is 0.404 bits per heavy atom. The van der Waals surface area contributed by atoms with E-state index in [1.54, 1.807) is 0 Å². The number of unbranched alkanes of at least 4 members (excludes halogenated alkanes) is 42. The van der Waals surface area contributed by atoms with Crippen LogP contribution in [0.2, 0.25) is 0 Å². The fourth-order valence-corrected chi connectivity index (χ4v) is 8.39. The van der Waals surface area contributed by atoms with Gasteiger partial charge in [-0.3, -0.25) is 4.79 Å². The van der Waals surface area contributed by atoms with Crippen LogP contribution in [0.5, 0.6) is 0 Å². The van der Waals surface area contributed by atoms with E-state index in [0.717, 1.165) is 25.7 Å². The summed E-state index contributed by atoms with van der Waals surface area (Å²) in [5.74, 6) is -0.651. The van der Waals surface area contributed by atoms with Gasteiger partial charge in [-0.25, -0.2) is 0 Å². The van der Waals surface area contributed by atoms with E-state index in [2.05, 4.69) is 13.8 Å². The van der Waals surface area contributed by atoms with E-state index in [9.17, 15) is 9.90 Å². The van der Waals surface area contributed by atoms with Gasteiger partial charge in [0.25, 0.3) is 0 Å². The third-order valence-electron chi connectivity index (χ3n) is 12.2. The molecule has 0 aliphatic rings. The Morgan fingerprint density at radius 3 is 0.538 bits per heavy atom. The van der Waals surface area contributed by atoms with Crippen molar-refractivity contribution in [3.63, 3.8) is 0 Å². The summed E-state index contributed by atoms with van der Waals surface area (Å²) < 4.78 is 0. The van der Waals surface area contributed by atoms with E-state index in [0.29, 0.717) is 0 Å². The van der Waals surface area contributed by atoms with Crippen molar-refractivity contribution in [2.45, 2.75) is 309 Å². The van der Waals surface area contributed by atoms with E-state index < -0.39 is 5.97 Å². The quantitative estimate of drug-likeness (QED) is 0.0633. The minimum atomic E-state index is -0.550. The fraction of sp³-hybridized carbons (Fsp3) is 0.980. The number of hydrogen-bond acceptors (Lipinski definition) is 1. The highest BCUT2D eigenvalue weighted by Crippen LogP contribution is 2.21. The zero-order chi connectivity index (χ0) is 37.7. The lowest BCUT2D eigenvalue weighted by atomic mass is 9.94. The van der Waals surface area contributed by atoms with Gasteiger partial charge in [-0.15, -0.1) is 0 Å². The minimum Gasteiger partial charge on any atom is -0.481 e. The van der Waals surface area contributed by atoms with Crippen LogP contribution in [-0.4, -0.2) is 11.1 Å². The number of hydrogen-bond donors (Lipinski definition) is 1. The summed E-state index contributed by atoms with van der Waals surface area (Å²) in [7, 11) is 0. The van der Waals surface area contributed by atoms with Gasteiger partial charge in [0.1, 0.15) is 0 Å². The highest BCUT2D eigenvalue weighted by atomic mass is 16.4. The number of aliphatic carboxylic acids is 1. The van der Waals surface area contributed by atoms with Crippen LogP contribution in [0, 0.1) is 5.92 Å². The first-order chi connectivity index (χ1) is 25.7. The standard InChI is InChI=1S/C50H100O2/c1-3-5-7-9-11-13-15-17-19-21-22-23-24-25-26-27-28-29-30-31-32-34-36-38-40-42-44-46-48-49(50(51)52)47-45-43-41-39-37-35-33-20-18-16-14-12-10-8-6-4-2/h49H,3-48H2,1-2H3,(H,51,52). The van der Waals surface area contributed by atoms with Gasteiger partial charge in [0.15, 0.2) is 0 Å². The molecule has 0 heterocycles. The molecule has 0 aromatic carbocycles. The van der Waals surface area contributed by atoms with Crippen LogP contribution < -0.4 is 0 Å². The monoisotopic (exact) mass is 733 g/mol. The fourth-order valence-electron chi connectivity index (χ4n) is 8.39. The normalized spacial score (nSPS) is 12.2. The molecule has 0 bridgehead atoms. The van der Waals surface area contributed by atoms with Crippen molar-refractivity contribution in [1.29, 1.82) is 0 Å². The average molecular weight is 733 g/mol. The Bertz CT molecular complexity index is 644. The lowest BCUT2D eigenvalue weighted by Crippen LogP contribution is -2.13. The van der Waals surface area contributed by atoms with Crippen LogP contribution in [0.1, 0.15) is 309 Å². The predicted molar refractivity (Wildman–Crippen MR) is 235 cm³/mol. The van der Waals surface area contributed by atoms with Crippen LogP contribution in [0.15, 0.2) is 0 Å². The summed E-state index contributed by atoms with van der Waals surface area (Å²) in [4.78, 5) is 11.8. The van der Waals surface area contributed by atoms with Crippen LogP contribution in [-0.2, 0) is 4.79 Å². The molecule has 0 aromatic heterocycles. The Labute approximate surface area is 330 Å². The molecule has 2 heteroatoms. The molecule has 0 fully saturated rings. The lowest BCUT2D eigenvalue weighted by Gasteiger charge is -2.12. The van der Waals surface area contributed by atoms with Gasteiger partial charge in [0, 0.05) is 0 Å². The molecular weight excluding hydrogens is 633 g/mol. The van der Waals surface area contributed by atoms with E-state index in [4.69, 9.17) is 0 Å². The summed E-state index contributed by atoms with van der Waals surface area (Å²) >= 11 is 0. The summed E-state index contributed by atoms with van der Waals surface area (Å²) in [5.41, 5.74) is 0. The summed E-state index contributed by atoms with van der Waals surface area (Å²) in [6.07, 6.45) is 63.6. The zero-order valence-corrected chi connectivity index (χ0v) is 36.5. The van der Waals surface area contributed by atoms with Gasteiger partial charge in [-0.05, 0) is 12.8 Å². The van der Waals surface area contributed by atoms with Crippen molar-refractivity contribution in [1.82, 2.24) is 0 Å². The highest BCUT2D eigenvalue weighted by molar-refractivity contribution is 5.69. The first-order valence-electron chi connectivity index (χ1n) is 24.9. The lowest BCUT2D eigenvalue weighted by molar-refractivity contribution is -0.142. The second-order valence-corrected chi connectivity index (χ2v) is 17.5. The first kappa shape index (κ1) is 51.5. The number of carboxylic acid groups (broad SMARTS) is 1. The van der Waals surface area contributed by atoms with Crippen molar-refractivity contribution in [2.24, 2.45) is 5.92 Å². The predicted octanol–water partition coefficient (Wildman–Crippen LogP) is 18.7. The van der Waals surface area contributed by atoms with Gasteiger partial charge in [0.2, 0.25) is 0 Å². The summed E-state index contributed by atoms with van der Waals surface area (Å²) in [5, 5.41) is 9.70. The van der Waals surface area contributed by atoms with Crippen LogP contribution in [0.25, 0.3) is 0 Å². The molecule has 52 heavy (non-hydrogen) atoms. The molecular formula is C50H100O2. The summed E-state index contributed by atoms with van der Waals surface area (Å²) in [6, 6.07) is 0. The maximum Gasteiger partial charge on any atom is 0.306 e. The summed E-state index contributed by atoms with van der Waals surface area (Å²) in [6.45, 7) is 4.60. The Kier molecular flexibility index (Phi) is 46.1. The molecule has 0 amide bonds. The van der Waals surface area contributed by atoms with Crippen molar-refractivity contribution >= 4 is 5.97 Å². The Hall–Kier alpha value is -0.530. The maximum absolute atomic E-state index is 11.8. The zero-order valence-electron chi connectivity index (χ0n) is 36.5. The molecule has 2 nitrogen and oxygen atoms in total. The average Bonchev–Trinajstić information content (AvgIpc) is 3.14. The van der Waals surface area contributed by atoms with E-state index in [1.807, 2.05) is 0 Å². The highest BCUT2D eigenvalue weighted by Gasteiger charge is 2.16. The molecule has 0 spiro atoms. The van der Waals surface area contributed by atoms with Gasteiger partial charge in [-0.2, -0.15) is 0 Å². The van der Waals surface area contributed by atoms with Crippen molar-refractivity contribution in [3.8, 4) is 0 Å². The molecule has 1 unspecified atom stereocenters. The van der Waals surface area contributed by atoms with E-state index in [-0.39, 0.29) is 5.92 Å². The van der Waals surface area contributed by atoms with Gasteiger partial charge >= 0.3 is 5.97 Å². The minimum absolute atomic E-state index is 0.101. The molecule has 312 valence electrons. The number of carboxylic acids is 1. The molecule has 0 aliphatic heterocycles. The Balaban J connectivity index is 3.30. The second-order valence-electron chi connectivity index (χ2n) is 17.5.